The van der Waals surface area contributed by atoms with Crippen molar-refractivity contribution in [3.05, 3.63) is 11.1 Å². The molecule has 0 N–H and O–H groups in total. The monoisotopic (exact) mass is 372 g/mol. The molecule has 0 spiro atoms. The molecule has 6 heteroatoms. The Labute approximate surface area is 140 Å². The van der Waals surface area contributed by atoms with Crippen LogP contribution in [0.4, 0.5) is 0 Å². The standard InChI is InChI=1S/C12H18Cl6/c1-2-8(14)7-12(18)10(16)4-3-9(15)11(17)5-6-13/h2,9-12H,3-7H2,1H3. The molecular formula is C12H18Cl6. The van der Waals surface area contributed by atoms with E-state index in [2.05, 4.69) is 0 Å². The molecule has 0 rings (SSSR count). The third kappa shape index (κ3) is 8.61. The second-order valence-corrected chi connectivity index (χ2v) is 7.16. The normalized spacial score (nSPS) is 19.4. The van der Waals surface area contributed by atoms with Gasteiger partial charge < -0.3 is 0 Å². The molecule has 4 unspecified atom stereocenters. The second kappa shape index (κ2) is 11.2. The topological polar surface area (TPSA) is 0 Å². The summed E-state index contributed by atoms with van der Waals surface area (Å²) < 4.78 is 0. The van der Waals surface area contributed by atoms with Crippen LogP contribution in [0.2, 0.25) is 0 Å². The van der Waals surface area contributed by atoms with E-state index in [1.807, 2.05) is 13.0 Å². The zero-order valence-electron chi connectivity index (χ0n) is 10.2. The van der Waals surface area contributed by atoms with E-state index in [1.54, 1.807) is 0 Å². The zero-order valence-corrected chi connectivity index (χ0v) is 14.7. The van der Waals surface area contributed by atoms with E-state index < -0.39 is 0 Å². The van der Waals surface area contributed by atoms with Crippen LogP contribution in [-0.4, -0.2) is 27.4 Å². The molecule has 4 atom stereocenters. The van der Waals surface area contributed by atoms with Crippen LogP contribution in [0.3, 0.4) is 0 Å². The first-order chi connectivity index (χ1) is 8.42. The minimum absolute atomic E-state index is 0.124. The van der Waals surface area contributed by atoms with Crippen LogP contribution in [0.1, 0.15) is 32.6 Å². The molecule has 0 saturated carbocycles. The summed E-state index contributed by atoms with van der Waals surface area (Å²) in [6, 6.07) is 0. The van der Waals surface area contributed by atoms with Crippen LogP contribution < -0.4 is 0 Å². The van der Waals surface area contributed by atoms with Gasteiger partial charge in [0.15, 0.2) is 0 Å². The van der Waals surface area contributed by atoms with Crippen molar-refractivity contribution in [2.24, 2.45) is 0 Å². The van der Waals surface area contributed by atoms with E-state index in [0.717, 1.165) is 11.5 Å². The molecule has 0 aliphatic heterocycles. The van der Waals surface area contributed by atoms with E-state index in [4.69, 9.17) is 69.6 Å². The minimum Gasteiger partial charge on any atom is -0.127 e. The van der Waals surface area contributed by atoms with Crippen LogP contribution in [0.25, 0.3) is 0 Å². The van der Waals surface area contributed by atoms with Crippen LogP contribution in [0, 0.1) is 0 Å². The van der Waals surface area contributed by atoms with Crippen molar-refractivity contribution in [3.8, 4) is 0 Å². The Bertz CT molecular complexity index is 243. The van der Waals surface area contributed by atoms with Gasteiger partial charge in [-0.1, -0.05) is 17.7 Å². The van der Waals surface area contributed by atoms with E-state index in [-0.39, 0.29) is 21.5 Å². The van der Waals surface area contributed by atoms with Gasteiger partial charge in [-0.25, -0.2) is 0 Å². The van der Waals surface area contributed by atoms with Gasteiger partial charge in [0.2, 0.25) is 0 Å². The van der Waals surface area contributed by atoms with E-state index in [9.17, 15) is 0 Å². The maximum Gasteiger partial charge on any atom is 0.0548 e. The SMILES string of the molecule is CC=C(Cl)CC(Cl)C(Cl)CCC(Cl)C(Cl)CCCl. The number of allylic oxidation sites excluding steroid dienone is 2. The third-order valence-electron chi connectivity index (χ3n) is 2.59. The molecule has 0 aliphatic rings. The van der Waals surface area contributed by atoms with Crippen LogP contribution in [-0.2, 0) is 0 Å². The van der Waals surface area contributed by atoms with Gasteiger partial charge in [0.05, 0.1) is 21.5 Å². The van der Waals surface area contributed by atoms with E-state index in [0.29, 0.717) is 25.1 Å². The molecule has 0 saturated heterocycles. The van der Waals surface area contributed by atoms with Crippen molar-refractivity contribution in [1.82, 2.24) is 0 Å². The Balaban J connectivity index is 3.97. The highest BCUT2D eigenvalue weighted by Gasteiger charge is 2.21. The number of hydrogen-bond donors (Lipinski definition) is 0. The molecule has 0 aromatic rings. The number of hydrogen-bond acceptors (Lipinski definition) is 0. The summed E-state index contributed by atoms with van der Waals surface area (Å²) in [7, 11) is 0. The Morgan fingerprint density at radius 2 is 1.33 bits per heavy atom. The number of rotatable bonds is 9. The van der Waals surface area contributed by atoms with Gasteiger partial charge in [0.25, 0.3) is 0 Å². The van der Waals surface area contributed by atoms with Gasteiger partial charge in [-0.05, 0) is 26.2 Å². The lowest BCUT2D eigenvalue weighted by molar-refractivity contribution is 0.611. The highest BCUT2D eigenvalue weighted by Crippen LogP contribution is 2.27. The summed E-state index contributed by atoms with van der Waals surface area (Å²) in [6.07, 6.45) is 4.52. The van der Waals surface area contributed by atoms with Crippen LogP contribution in [0.5, 0.6) is 0 Å². The van der Waals surface area contributed by atoms with Crippen LogP contribution in [0.15, 0.2) is 11.1 Å². The lowest BCUT2D eigenvalue weighted by Gasteiger charge is -2.19. The Morgan fingerprint density at radius 3 is 1.78 bits per heavy atom. The first-order valence-electron chi connectivity index (χ1n) is 5.85. The van der Waals surface area contributed by atoms with Gasteiger partial charge in [-0.15, -0.1) is 58.0 Å². The van der Waals surface area contributed by atoms with Crippen molar-refractivity contribution in [2.75, 3.05) is 5.88 Å². The maximum absolute atomic E-state index is 6.21. The van der Waals surface area contributed by atoms with Gasteiger partial charge in [0, 0.05) is 17.3 Å². The highest BCUT2D eigenvalue weighted by molar-refractivity contribution is 6.33. The zero-order chi connectivity index (χ0) is 14.1. The molecule has 0 aromatic carbocycles. The predicted molar refractivity (Wildman–Crippen MR) is 87.4 cm³/mol. The fourth-order valence-electron chi connectivity index (χ4n) is 1.40. The Hall–Kier alpha value is 1.48. The molecular weight excluding hydrogens is 357 g/mol. The average molecular weight is 375 g/mol. The molecule has 0 fully saturated rings. The van der Waals surface area contributed by atoms with Crippen molar-refractivity contribution < 1.29 is 0 Å². The largest absolute Gasteiger partial charge is 0.127 e. The molecule has 0 nitrogen and oxygen atoms in total. The molecule has 0 bridgehead atoms. The summed E-state index contributed by atoms with van der Waals surface area (Å²) in [5.41, 5.74) is 0. The van der Waals surface area contributed by atoms with Gasteiger partial charge in [-0.2, -0.15) is 0 Å². The predicted octanol–water partition coefficient (Wildman–Crippen LogP) is 6.36. The lowest BCUT2D eigenvalue weighted by atomic mass is 10.1. The molecule has 0 aliphatic carbocycles. The Kier molecular flexibility index (Phi) is 12.1. The van der Waals surface area contributed by atoms with Crippen molar-refractivity contribution >= 4 is 69.6 Å². The number of halogens is 6. The third-order valence-corrected chi connectivity index (χ3v) is 5.47. The molecule has 0 amide bonds. The summed E-state index contributed by atoms with van der Waals surface area (Å²) in [5.74, 6) is 0.511. The van der Waals surface area contributed by atoms with Gasteiger partial charge in [-0.3, -0.25) is 0 Å². The summed E-state index contributed by atoms with van der Waals surface area (Å²) >= 11 is 36.2. The van der Waals surface area contributed by atoms with Crippen molar-refractivity contribution in [1.29, 1.82) is 0 Å². The first kappa shape index (κ1) is 19.5. The summed E-state index contributed by atoms with van der Waals surface area (Å²) in [5, 5.41) is 0.108. The van der Waals surface area contributed by atoms with Crippen molar-refractivity contribution in [2.45, 2.75) is 54.1 Å². The minimum atomic E-state index is -0.193. The van der Waals surface area contributed by atoms with Crippen LogP contribution >= 0.6 is 69.6 Å². The Morgan fingerprint density at radius 1 is 0.889 bits per heavy atom. The fourth-order valence-corrected chi connectivity index (χ4v) is 2.98. The lowest BCUT2D eigenvalue weighted by Crippen LogP contribution is -2.21. The molecule has 0 aromatic heterocycles. The molecule has 0 heterocycles. The van der Waals surface area contributed by atoms with Crippen molar-refractivity contribution in [3.63, 3.8) is 0 Å². The fraction of sp³-hybridized carbons (Fsp3) is 0.833. The summed E-state index contributed by atoms with van der Waals surface area (Å²) in [4.78, 5) is 0. The van der Waals surface area contributed by atoms with Gasteiger partial charge >= 0.3 is 0 Å². The smallest absolute Gasteiger partial charge is 0.0548 e. The van der Waals surface area contributed by atoms with E-state index >= 15 is 0 Å². The summed E-state index contributed by atoms with van der Waals surface area (Å²) in [6.45, 7) is 1.87. The maximum atomic E-state index is 6.21. The first-order valence-corrected chi connectivity index (χ1v) is 8.51. The molecule has 18 heavy (non-hydrogen) atoms. The molecule has 108 valence electrons. The average Bonchev–Trinajstić information content (AvgIpc) is 2.35. The molecule has 0 radical (unpaired) electrons. The highest BCUT2D eigenvalue weighted by atomic mass is 35.5. The number of alkyl halides is 5. The van der Waals surface area contributed by atoms with Gasteiger partial charge in [0.1, 0.15) is 0 Å². The van der Waals surface area contributed by atoms with E-state index in [1.165, 1.54) is 0 Å². The quantitative estimate of drug-likeness (QED) is 0.412. The second-order valence-electron chi connectivity index (χ2n) is 4.06.